The van der Waals surface area contributed by atoms with Gasteiger partial charge in [0.1, 0.15) is 0 Å². The average molecular weight is 234 g/mol. The summed E-state index contributed by atoms with van der Waals surface area (Å²) < 4.78 is 5.40. The van der Waals surface area contributed by atoms with E-state index in [0.29, 0.717) is 6.04 Å². The summed E-state index contributed by atoms with van der Waals surface area (Å²) in [6, 6.07) is 10.9. The summed E-state index contributed by atoms with van der Waals surface area (Å²) in [6.07, 6.45) is 1.08. The first-order valence-corrected chi connectivity index (χ1v) is 6.45. The number of hydrogen-bond donors (Lipinski definition) is 1. The van der Waals surface area contributed by atoms with Gasteiger partial charge in [-0.25, -0.2) is 0 Å². The van der Waals surface area contributed by atoms with Gasteiger partial charge in [0.25, 0.3) is 0 Å². The van der Waals surface area contributed by atoms with Gasteiger partial charge in [-0.2, -0.15) is 0 Å². The van der Waals surface area contributed by atoms with Crippen molar-refractivity contribution in [3.8, 4) is 0 Å². The van der Waals surface area contributed by atoms with Crippen LogP contribution in [-0.2, 0) is 4.74 Å². The quantitative estimate of drug-likeness (QED) is 0.863. The monoisotopic (exact) mass is 234 g/mol. The molecule has 2 unspecified atom stereocenters. The van der Waals surface area contributed by atoms with Gasteiger partial charge in [-0.3, -0.25) is 4.90 Å². The third-order valence-electron chi connectivity index (χ3n) is 3.53. The van der Waals surface area contributed by atoms with Crippen molar-refractivity contribution < 1.29 is 4.74 Å². The van der Waals surface area contributed by atoms with Gasteiger partial charge in [0, 0.05) is 25.2 Å². The highest BCUT2D eigenvalue weighted by Crippen LogP contribution is 2.21. The fraction of sp³-hybridized carbons (Fsp3) is 0.571. The van der Waals surface area contributed by atoms with Crippen LogP contribution in [0.5, 0.6) is 0 Å². The zero-order chi connectivity index (χ0) is 12.1. The molecule has 3 heteroatoms. The molecule has 3 nitrogen and oxygen atoms in total. The van der Waals surface area contributed by atoms with E-state index in [9.17, 15) is 0 Å². The number of hydrogen-bond acceptors (Lipinski definition) is 3. The first-order chi connectivity index (χ1) is 8.33. The van der Waals surface area contributed by atoms with E-state index < -0.39 is 0 Å². The Morgan fingerprint density at radius 1 is 1.24 bits per heavy atom. The Kier molecular flexibility index (Phi) is 4.54. The Morgan fingerprint density at radius 3 is 2.47 bits per heavy atom. The van der Waals surface area contributed by atoms with E-state index in [0.717, 1.165) is 32.7 Å². The Labute approximate surface area is 104 Å². The molecule has 0 bridgehead atoms. The van der Waals surface area contributed by atoms with Gasteiger partial charge in [-0.15, -0.1) is 0 Å². The summed E-state index contributed by atoms with van der Waals surface area (Å²) in [5, 5.41) is 0. The maximum absolute atomic E-state index is 6.40. The molecule has 1 fully saturated rings. The minimum absolute atomic E-state index is 0.0966. The highest BCUT2D eigenvalue weighted by molar-refractivity contribution is 5.20. The lowest BCUT2D eigenvalue weighted by Gasteiger charge is -2.37. The third-order valence-corrected chi connectivity index (χ3v) is 3.53. The lowest BCUT2D eigenvalue weighted by atomic mass is 9.96. The second kappa shape index (κ2) is 6.15. The van der Waals surface area contributed by atoms with Gasteiger partial charge >= 0.3 is 0 Å². The van der Waals surface area contributed by atoms with Gasteiger partial charge in [0.2, 0.25) is 0 Å². The molecule has 0 saturated carbocycles. The number of rotatable bonds is 4. The number of ether oxygens (including phenoxy) is 1. The summed E-state index contributed by atoms with van der Waals surface area (Å²) in [5.74, 6) is 0. The number of nitrogens with two attached hydrogens (primary N) is 1. The van der Waals surface area contributed by atoms with Crippen molar-refractivity contribution in [2.24, 2.45) is 5.73 Å². The van der Waals surface area contributed by atoms with Crippen molar-refractivity contribution in [2.45, 2.75) is 25.4 Å². The van der Waals surface area contributed by atoms with Crippen molar-refractivity contribution >= 4 is 0 Å². The lowest BCUT2D eigenvalue weighted by Crippen LogP contribution is -2.48. The third kappa shape index (κ3) is 3.06. The van der Waals surface area contributed by atoms with E-state index in [1.54, 1.807) is 0 Å². The standard InChI is InChI=1S/C14H22N2O/c1-2-13(16-8-10-17-11-9-16)14(15)12-6-4-3-5-7-12/h3-7,13-14H,2,8-11,15H2,1H3. The molecule has 17 heavy (non-hydrogen) atoms. The maximum Gasteiger partial charge on any atom is 0.0594 e. The van der Waals surface area contributed by atoms with E-state index in [-0.39, 0.29) is 6.04 Å². The Bertz CT molecular complexity index is 322. The van der Waals surface area contributed by atoms with Crippen molar-refractivity contribution in [2.75, 3.05) is 26.3 Å². The molecule has 0 aromatic heterocycles. The molecule has 0 amide bonds. The molecule has 1 aliphatic heterocycles. The molecule has 1 aromatic carbocycles. The van der Waals surface area contributed by atoms with Crippen LogP contribution < -0.4 is 5.73 Å². The number of benzene rings is 1. The number of nitrogens with zero attached hydrogens (tertiary/aromatic N) is 1. The molecule has 1 heterocycles. The van der Waals surface area contributed by atoms with E-state index in [4.69, 9.17) is 10.5 Å². The Morgan fingerprint density at radius 2 is 1.88 bits per heavy atom. The zero-order valence-electron chi connectivity index (χ0n) is 10.5. The molecular weight excluding hydrogens is 212 g/mol. The van der Waals surface area contributed by atoms with Crippen molar-refractivity contribution in [3.05, 3.63) is 35.9 Å². The topological polar surface area (TPSA) is 38.5 Å². The second-order valence-electron chi connectivity index (χ2n) is 4.56. The molecule has 2 N–H and O–H groups in total. The maximum atomic E-state index is 6.40. The average Bonchev–Trinajstić information content (AvgIpc) is 2.42. The van der Waals surface area contributed by atoms with Crippen LogP contribution in [-0.4, -0.2) is 37.2 Å². The number of morpholine rings is 1. The van der Waals surface area contributed by atoms with E-state index in [1.165, 1.54) is 5.56 Å². The highest BCUT2D eigenvalue weighted by atomic mass is 16.5. The van der Waals surface area contributed by atoms with Crippen LogP contribution in [0.1, 0.15) is 24.9 Å². The lowest BCUT2D eigenvalue weighted by molar-refractivity contribution is 0.00990. The first kappa shape index (κ1) is 12.6. The van der Waals surface area contributed by atoms with Crippen LogP contribution in [0.25, 0.3) is 0 Å². The molecule has 2 rings (SSSR count). The summed E-state index contributed by atoms with van der Waals surface area (Å²) in [4.78, 5) is 2.46. The largest absolute Gasteiger partial charge is 0.379 e. The molecule has 1 aliphatic rings. The molecule has 0 radical (unpaired) electrons. The van der Waals surface area contributed by atoms with Gasteiger partial charge in [0.15, 0.2) is 0 Å². The molecule has 0 aliphatic carbocycles. The van der Waals surface area contributed by atoms with E-state index >= 15 is 0 Å². The first-order valence-electron chi connectivity index (χ1n) is 6.45. The van der Waals surface area contributed by atoms with Gasteiger partial charge in [-0.1, -0.05) is 37.3 Å². The van der Waals surface area contributed by atoms with Gasteiger partial charge in [-0.05, 0) is 12.0 Å². The van der Waals surface area contributed by atoms with Crippen molar-refractivity contribution in [3.63, 3.8) is 0 Å². The minimum atomic E-state index is 0.0966. The highest BCUT2D eigenvalue weighted by Gasteiger charge is 2.25. The van der Waals surface area contributed by atoms with E-state index in [1.807, 2.05) is 6.07 Å². The van der Waals surface area contributed by atoms with Crippen LogP contribution >= 0.6 is 0 Å². The minimum Gasteiger partial charge on any atom is -0.379 e. The Hall–Kier alpha value is -0.900. The van der Waals surface area contributed by atoms with Crippen LogP contribution in [0.4, 0.5) is 0 Å². The van der Waals surface area contributed by atoms with Crippen LogP contribution in [0.2, 0.25) is 0 Å². The predicted molar refractivity (Wildman–Crippen MR) is 69.8 cm³/mol. The van der Waals surface area contributed by atoms with Crippen molar-refractivity contribution in [1.82, 2.24) is 4.90 Å². The fourth-order valence-corrected chi connectivity index (χ4v) is 2.55. The normalized spacial score (nSPS) is 21.1. The summed E-state index contributed by atoms with van der Waals surface area (Å²) in [7, 11) is 0. The predicted octanol–water partition coefficient (Wildman–Crippen LogP) is 1.80. The SMILES string of the molecule is CCC(C(N)c1ccccc1)N1CCOCC1. The molecule has 94 valence electrons. The molecular formula is C14H22N2O. The van der Waals surface area contributed by atoms with Gasteiger partial charge < -0.3 is 10.5 Å². The Balaban J connectivity index is 2.06. The summed E-state index contributed by atoms with van der Waals surface area (Å²) >= 11 is 0. The molecule has 0 spiro atoms. The van der Waals surface area contributed by atoms with Crippen molar-refractivity contribution in [1.29, 1.82) is 0 Å². The van der Waals surface area contributed by atoms with E-state index in [2.05, 4.69) is 36.1 Å². The van der Waals surface area contributed by atoms with Crippen LogP contribution in [0.15, 0.2) is 30.3 Å². The zero-order valence-corrected chi connectivity index (χ0v) is 10.5. The van der Waals surface area contributed by atoms with Crippen LogP contribution in [0, 0.1) is 0 Å². The molecule has 1 aromatic rings. The molecule has 2 atom stereocenters. The van der Waals surface area contributed by atoms with Crippen LogP contribution in [0.3, 0.4) is 0 Å². The summed E-state index contributed by atoms with van der Waals surface area (Å²) in [5.41, 5.74) is 7.63. The fourth-order valence-electron chi connectivity index (χ4n) is 2.55. The smallest absolute Gasteiger partial charge is 0.0594 e. The molecule has 1 saturated heterocycles. The second-order valence-corrected chi connectivity index (χ2v) is 4.56. The van der Waals surface area contributed by atoms with Gasteiger partial charge in [0.05, 0.1) is 13.2 Å². The summed E-state index contributed by atoms with van der Waals surface area (Å²) in [6.45, 7) is 5.87.